The lowest BCUT2D eigenvalue weighted by atomic mass is 9.88. The first-order chi connectivity index (χ1) is 7.00. The molecule has 0 atom stereocenters. The van der Waals surface area contributed by atoms with Crippen LogP contribution in [0.5, 0.6) is 0 Å². The van der Waals surface area contributed by atoms with E-state index in [-0.39, 0.29) is 11.2 Å². The van der Waals surface area contributed by atoms with E-state index in [2.05, 4.69) is 38.8 Å². The first-order valence-electron chi connectivity index (χ1n) is 4.56. The van der Waals surface area contributed by atoms with Gasteiger partial charge in [-0.05, 0) is 35.6 Å². The summed E-state index contributed by atoms with van der Waals surface area (Å²) in [5.41, 5.74) is 0.912. The van der Waals surface area contributed by atoms with Crippen molar-refractivity contribution < 1.29 is 4.39 Å². The quantitative estimate of drug-likeness (QED) is 0.677. The Hall–Kier alpha value is 0.400. The molecule has 0 aliphatic heterocycles. The van der Waals surface area contributed by atoms with Crippen LogP contribution in [-0.2, 0) is 6.42 Å². The maximum Gasteiger partial charge on any atom is 0.123 e. The predicted molar refractivity (Wildman–Crippen MR) is 70.8 cm³/mol. The summed E-state index contributed by atoms with van der Waals surface area (Å²) in [5, 5.41) is 2.32. The number of halogens is 4. The molecule has 0 fully saturated rings. The first kappa shape index (κ1) is 13.5. The van der Waals surface area contributed by atoms with E-state index in [4.69, 9.17) is 11.6 Å². The molecule has 0 spiro atoms. The summed E-state index contributed by atoms with van der Waals surface area (Å²) in [5.74, 6) is -0.235. The summed E-state index contributed by atoms with van der Waals surface area (Å²) in [6.07, 6.45) is 0.750. The average molecular weight is 358 g/mol. The molecule has 0 aromatic heterocycles. The van der Waals surface area contributed by atoms with E-state index in [0.29, 0.717) is 5.02 Å². The van der Waals surface area contributed by atoms with Crippen molar-refractivity contribution >= 4 is 43.5 Å². The summed E-state index contributed by atoms with van der Waals surface area (Å²) < 4.78 is 13.0. The minimum atomic E-state index is -0.235. The fraction of sp³-hybridized carbons (Fsp3) is 0.455. The van der Waals surface area contributed by atoms with Crippen molar-refractivity contribution in [1.82, 2.24) is 0 Å². The molecule has 0 N–H and O–H groups in total. The molecule has 1 aromatic carbocycles. The summed E-state index contributed by atoms with van der Waals surface area (Å²) in [6.45, 7) is 2.12. The number of rotatable bonds is 4. The van der Waals surface area contributed by atoms with Crippen molar-refractivity contribution in [3.63, 3.8) is 0 Å². The molecule has 0 amide bonds. The molecule has 0 heterocycles. The highest BCUT2D eigenvalue weighted by atomic mass is 79.9. The van der Waals surface area contributed by atoms with E-state index in [1.54, 1.807) is 6.07 Å². The minimum absolute atomic E-state index is 0.0530. The molecular formula is C11H12Br2ClF. The van der Waals surface area contributed by atoms with Crippen LogP contribution < -0.4 is 0 Å². The summed E-state index contributed by atoms with van der Waals surface area (Å²) in [4.78, 5) is 0. The topological polar surface area (TPSA) is 0 Å². The van der Waals surface area contributed by atoms with Crippen molar-refractivity contribution in [3.8, 4) is 0 Å². The molecule has 0 unspecified atom stereocenters. The SMILES string of the molecule is CC(CBr)(CBr)Cc1cc(F)ccc1Cl. The van der Waals surface area contributed by atoms with Gasteiger partial charge in [-0.3, -0.25) is 0 Å². The van der Waals surface area contributed by atoms with Crippen LogP contribution in [0.1, 0.15) is 12.5 Å². The maximum absolute atomic E-state index is 13.0. The van der Waals surface area contributed by atoms with Gasteiger partial charge in [-0.1, -0.05) is 50.4 Å². The average Bonchev–Trinajstić information content (AvgIpc) is 2.23. The minimum Gasteiger partial charge on any atom is -0.207 e. The van der Waals surface area contributed by atoms with E-state index in [1.165, 1.54) is 12.1 Å². The van der Waals surface area contributed by atoms with E-state index >= 15 is 0 Å². The lowest BCUT2D eigenvalue weighted by Gasteiger charge is -2.25. The van der Waals surface area contributed by atoms with Gasteiger partial charge in [-0.15, -0.1) is 0 Å². The Labute approximate surface area is 111 Å². The van der Waals surface area contributed by atoms with Gasteiger partial charge in [0.1, 0.15) is 5.82 Å². The second-order valence-electron chi connectivity index (χ2n) is 3.99. The second kappa shape index (κ2) is 5.65. The number of benzene rings is 1. The van der Waals surface area contributed by atoms with Gasteiger partial charge in [-0.25, -0.2) is 4.39 Å². The summed E-state index contributed by atoms with van der Waals surface area (Å²) >= 11 is 13.0. The smallest absolute Gasteiger partial charge is 0.123 e. The van der Waals surface area contributed by atoms with Gasteiger partial charge in [0.05, 0.1) is 0 Å². The zero-order chi connectivity index (χ0) is 11.5. The Morgan fingerprint density at radius 3 is 2.47 bits per heavy atom. The number of hydrogen-bond acceptors (Lipinski definition) is 0. The largest absolute Gasteiger partial charge is 0.207 e. The molecule has 1 aromatic rings. The molecule has 0 aliphatic rings. The van der Waals surface area contributed by atoms with E-state index < -0.39 is 0 Å². The van der Waals surface area contributed by atoms with Crippen LogP contribution in [-0.4, -0.2) is 10.7 Å². The van der Waals surface area contributed by atoms with Crippen molar-refractivity contribution in [2.45, 2.75) is 13.3 Å². The highest BCUT2D eigenvalue weighted by Gasteiger charge is 2.23. The lowest BCUT2D eigenvalue weighted by Crippen LogP contribution is -2.23. The van der Waals surface area contributed by atoms with Crippen molar-refractivity contribution in [1.29, 1.82) is 0 Å². The van der Waals surface area contributed by atoms with Crippen molar-refractivity contribution in [2.24, 2.45) is 5.41 Å². The molecule has 15 heavy (non-hydrogen) atoms. The standard InChI is InChI=1S/C11H12Br2ClF/c1-11(6-12,7-13)5-8-4-9(15)2-3-10(8)14/h2-4H,5-7H2,1H3. The monoisotopic (exact) mass is 356 g/mol. The Morgan fingerprint density at radius 1 is 1.33 bits per heavy atom. The predicted octanol–water partition coefficient (Wildman–Crippen LogP) is 4.82. The second-order valence-corrected chi connectivity index (χ2v) is 5.52. The number of alkyl halides is 2. The first-order valence-corrected chi connectivity index (χ1v) is 7.19. The van der Waals surface area contributed by atoms with E-state index in [9.17, 15) is 4.39 Å². The zero-order valence-corrected chi connectivity index (χ0v) is 12.3. The summed E-state index contributed by atoms with van der Waals surface area (Å²) in [7, 11) is 0. The number of hydrogen-bond donors (Lipinski definition) is 0. The Bertz CT molecular complexity index is 337. The fourth-order valence-corrected chi connectivity index (χ4v) is 2.78. The van der Waals surface area contributed by atoms with E-state index in [1.807, 2.05) is 0 Å². The summed E-state index contributed by atoms with van der Waals surface area (Å²) in [6, 6.07) is 4.49. The zero-order valence-electron chi connectivity index (χ0n) is 8.37. The van der Waals surface area contributed by atoms with Crippen LogP contribution in [0.15, 0.2) is 18.2 Å². The Balaban J connectivity index is 2.92. The Kier molecular flexibility index (Phi) is 5.07. The molecule has 0 nitrogen and oxygen atoms in total. The fourth-order valence-electron chi connectivity index (χ4n) is 1.27. The van der Waals surface area contributed by atoms with Gasteiger partial charge >= 0.3 is 0 Å². The highest BCUT2D eigenvalue weighted by molar-refractivity contribution is 9.09. The maximum atomic E-state index is 13.0. The lowest BCUT2D eigenvalue weighted by molar-refractivity contribution is 0.437. The van der Waals surface area contributed by atoms with Crippen molar-refractivity contribution in [2.75, 3.05) is 10.7 Å². The van der Waals surface area contributed by atoms with Crippen LogP contribution in [0.4, 0.5) is 4.39 Å². The molecule has 0 saturated carbocycles. The van der Waals surface area contributed by atoms with Crippen molar-refractivity contribution in [3.05, 3.63) is 34.6 Å². The molecule has 4 heteroatoms. The van der Waals surface area contributed by atoms with Crippen LogP contribution >= 0.6 is 43.5 Å². The van der Waals surface area contributed by atoms with Crippen LogP contribution in [0, 0.1) is 11.2 Å². The highest BCUT2D eigenvalue weighted by Crippen LogP contribution is 2.30. The van der Waals surface area contributed by atoms with Gasteiger partial charge in [0.2, 0.25) is 0 Å². The van der Waals surface area contributed by atoms with Gasteiger partial charge in [-0.2, -0.15) is 0 Å². The molecule has 0 aliphatic carbocycles. The van der Waals surface area contributed by atoms with Crippen LogP contribution in [0.25, 0.3) is 0 Å². The molecule has 84 valence electrons. The van der Waals surface area contributed by atoms with E-state index in [0.717, 1.165) is 22.6 Å². The van der Waals surface area contributed by atoms with Gasteiger partial charge in [0, 0.05) is 15.7 Å². The molecule has 0 bridgehead atoms. The van der Waals surface area contributed by atoms with Gasteiger partial charge in [0.15, 0.2) is 0 Å². The van der Waals surface area contributed by atoms with Gasteiger partial charge < -0.3 is 0 Å². The normalized spacial score (nSPS) is 11.8. The third-order valence-electron chi connectivity index (χ3n) is 2.27. The third-order valence-corrected chi connectivity index (χ3v) is 5.35. The van der Waals surface area contributed by atoms with Crippen LogP contribution in [0.2, 0.25) is 5.02 Å². The van der Waals surface area contributed by atoms with Crippen LogP contribution in [0.3, 0.4) is 0 Å². The Morgan fingerprint density at radius 2 is 1.93 bits per heavy atom. The molecule has 0 saturated heterocycles. The third kappa shape index (κ3) is 3.72. The van der Waals surface area contributed by atoms with Gasteiger partial charge in [0.25, 0.3) is 0 Å². The molecule has 1 rings (SSSR count). The molecule has 0 radical (unpaired) electrons. The molecular weight excluding hydrogens is 346 g/mol.